The second kappa shape index (κ2) is 7.72. The van der Waals surface area contributed by atoms with Crippen molar-refractivity contribution in [2.75, 3.05) is 12.3 Å². The molecule has 1 atom stereocenters. The molecule has 3 nitrogen and oxygen atoms in total. The Morgan fingerprint density at radius 1 is 1.42 bits per heavy atom. The van der Waals surface area contributed by atoms with E-state index >= 15 is 0 Å². The molecule has 1 aromatic carbocycles. The Morgan fingerprint density at radius 2 is 2.05 bits per heavy atom. The minimum Gasteiger partial charge on any atom is -0.354 e. The summed E-state index contributed by atoms with van der Waals surface area (Å²) >= 11 is 1.39. The standard InChI is InChI=1S/C13H17FN2OS.ClH/c14-10-3-5-11(6-4-10)18-8-13(17)16-7-12(15)9-1-2-9;/h3-6,9,12H,1-2,7-8,15H2,(H,16,17);1H. The Bertz CT molecular complexity index is 412. The molecule has 1 aliphatic rings. The van der Waals surface area contributed by atoms with Gasteiger partial charge in [0.05, 0.1) is 5.75 Å². The second-order valence-corrected chi connectivity index (χ2v) is 5.60. The van der Waals surface area contributed by atoms with Gasteiger partial charge in [-0.1, -0.05) is 0 Å². The van der Waals surface area contributed by atoms with E-state index in [2.05, 4.69) is 5.32 Å². The van der Waals surface area contributed by atoms with Crippen molar-refractivity contribution in [1.82, 2.24) is 5.32 Å². The smallest absolute Gasteiger partial charge is 0.230 e. The van der Waals surface area contributed by atoms with Gasteiger partial charge >= 0.3 is 0 Å². The average Bonchev–Trinajstić information content (AvgIpc) is 3.19. The molecule has 1 unspecified atom stereocenters. The molecule has 0 aliphatic heterocycles. The van der Waals surface area contributed by atoms with Crippen LogP contribution in [-0.2, 0) is 4.79 Å². The summed E-state index contributed by atoms with van der Waals surface area (Å²) in [5, 5.41) is 2.83. The molecule has 1 fully saturated rings. The minimum absolute atomic E-state index is 0. The van der Waals surface area contributed by atoms with E-state index in [1.54, 1.807) is 12.1 Å². The molecular weight excluding hydrogens is 287 g/mol. The molecule has 3 N–H and O–H groups in total. The largest absolute Gasteiger partial charge is 0.354 e. The normalized spacial score (nSPS) is 15.5. The fourth-order valence-corrected chi connectivity index (χ4v) is 2.38. The first-order valence-corrected chi connectivity index (χ1v) is 7.04. The third-order valence-corrected chi connectivity index (χ3v) is 3.96. The molecule has 2 rings (SSSR count). The van der Waals surface area contributed by atoms with Crippen molar-refractivity contribution >= 4 is 30.1 Å². The molecule has 0 bridgehead atoms. The van der Waals surface area contributed by atoms with Crippen LogP contribution in [0, 0.1) is 11.7 Å². The predicted molar refractivity (Wildman–Crippen MR) is 78.1 cm³/mol. The van der Waals surface area contributed by atoms with Gasteiger partial charge in [0, 0.05) is 17.5 Å². The molecule has 0 saturated heterocycles. The molecule has 1 aromatic rings. The van der Waals surface area contributed by atoms with E-state index < -0.39 is 0 Å². The maximum absolute atomic E-state index is 12.7. The van der Waals surface area contributed by atoms with Crippen LogP contribution in [0.25, 0.3) is 0 Å². The summed E-state index contributed by atoms with van der Waals surface area (Å²) in [4.78, 5) is 12.5. The molecule has 106 valence electrons. The van der Waals surface area contributed by atoms with Gasteiger partial charge in [-0.25, -0.2) is 4.39 Å². The average molecular weight is 305 g/mol. The van der Waals surface area contributed by atoms with Crippen LogP contribution in [0.1, 0.15) is 12.8 Å². The van der Waals surface area contributed by atoms with Gasteiger partial charge in [-0.15, -0.1) is 24.2 Å². The summed E-state index contributed by atoms with van der Waals surface area (Å²) in [5.41, 5.74) is 5.89. The molecule has 1 amide bonds. The molecule has 0 aromatic heterocycles. The number of amides is 1. The first-order chi connectivity index (χ1) is 8.65. The van der Waals surface area contributed by atoms with Crippen LogP contribution in [0.2, 0.25) is 0 Å². The zero-order valence-electron chi connectivity index (χ0n) is 10.5. The second-order valence-electron chi connectivity index (χ2n) is 4.55. The summed E-state index contributed by atoms with van der Waals surface area (Å²) in [7, 11) is 0. The van der Waals surface area contributed by atoms with Crippen molar-refractivity contribution < 1.29 is 9.18 Å². The number of benzene rings is 1. The van der Waals surface area contributed by atoms with E-state index in [9.17, 15) is 9.18 Å². The molecule has 6 heteroatoms. The number of nitrogens with two attached hydrogens (primary N) is 1. The summed E-state index contributed by atoms with van der Waals surface area (Å²) in [6.07, 6.45) is 2.36. The fourth-order valence-electron chi connectivity index (χ4n) is 1.65. The molecule has 1 aliphatic carbocycles. The number of rotatable bonds is 6. The van der Waals surface area contributed by atoms with E-state index in [0.29, 0.717) is 18.2 Å². The van der Waals surface area contributed by atoms with E-state index in [4.69, 9.17) is 5.73 Å². The Morgan fingerprint density at radius 3 is 2.63 bits per heavy atom. The lowest BCUT2D eigenvalue weighted by Gasteiger charge is -2.11. The predicted octanol–water partition coefficient (Wildman–Crippen LogP) is 2.19. The van der Waals surface area contributed by atoms with Crippen LogP contribution in [0.15, 0.2) is 29.2 Å². The van der Waals surface area contributed by atoms with Crippen molar-refractivity contribution in [3.63, 3.8) is 0 Å². The van der Waals surface area contributed by atoms with Crippen molar-refractivity contribution in [3.05, 3.63) is 30.1 Å². The van der Waals surface area contributed by atoms with E-state index in [1.807, 2.05) is 0 Å². The van der Waals surface area contributed by atoms with E-state index in [0.717, 1.165) is 4.90 Å². The first-order valence-electron chi connectivity index (χ1n) is 6.06. The Balaban J connectivity index is 0.00000180. The van der Waals surface area contributed by atoms with Crippen LogP contribution >= 0.6 is 24.2 Å². The highest BCUT2D eigenvalue weighted by Crippen LogP contribution is 2.31. The van der Waals surface area contributed by atoms with Gasteiger partial charge in [0.1, 0.15) is 5.82 Å². The number of halogens is 2. The minimum atomic E-state index is -0.265. The third kappa shape index (κ3) is 5.80. The topological polar surface area (TPSA) is 55.1 Å². The Hall–Kier alpha value is -0.780. The number of thioether (sulfide) groups is 1. The number of carbonyl (C=O) groups excluding carboxylic acids is 1. The first kappa shape index (κ1) is 16.3. The summed E-state index contributed by atoms with van der Waals surface area (Å²) in [6.45, 7) is 0.549. The molecule has 1 saturated carbocycles. The zero-order chi connectivity index (χ0) is 13.0. The van der Waals surface area contributed by atoms with Crippen molar-refractivity contribution in [2.24, 2.45) is 11.7 Å². The maximum Gasteiger partial charge on any atom is 0.230 e. The van der Waals surface area contributed by atoms with E-state index in [-0.39, 0.29) is 30.2 Å². The number of nitrogens with one attached hydrogen (secondary N) is 1. The highest BCUT2D eigenvalue weighted by molar-refractivity contribution is 8.00. The summed E-state index contributed by atoms with van der Waals surface area (Å²) in [6, 6.07) is 6.21. The van der Waals surface area contributed by atoms with Crippen LogP contribution in [0.5, 0.6) is 0 Å². The summed E-state index contributed by atoms with van der Waals surface area (Å²) < 4.78 is 12.7. The highest BCUT2D eigenvalue weighted by atomic mass is 35.5. The van der Waals surface area contributed by atoms with Gasteiger partial charge in [0.15, 0.2) is 0 Å². The molecular formula is C13H18ClFN2OS. The van der Waals surface area contributed by atoms with Crippen LogP contribution < -0.4 is 11.1 Å². The van der Waals surface area contributed by atoms with E-state index in [1.165, 1.54) is 36.7 Å². The lowest BCUT2D eigenvalue weighted by Crippen LogP contribution is -2.39. The highest BCUT2D eigenvalue weighted by Gasteiger charge is 2.28. The molecule has 0 radical (unpaired) electrons. The van der Waals surface area contributed by atoms with Crippen molar-refractivity contribution in [3.8, 4) is 0 Å². The van der Waals surface area contributed by atoms with Gasteiger partial charge in [-0.05, 0) is 43.0 Å². The Labute approximate surface area is 122 Å². The van der Waals surface area contributed by atoms with Crippen molar-refractivity contribution in [1.29, 1.82) is 0 Å². The zero-order valence-corrected chi connectivity index (χ0v) is 12.1. The van der Waals surface area contributed by atoms with Gasteiger partial charge in [-0.3, -0.25) is 4.79 Å². The fraction of sp³-hybridized carbons (Fsp3) is 0.462. The van der Waals surface area contributed by atoms with Crippen LogP contribution in [0.3, 0.4) is 0 Å². The van der Waals surface area contributed by atoms with Gasteiger partial charge < -0.3 is 11.1 Å². The van der Waals surface area contributed by atoms with Crippen LogP contribution in [0.4, 0.5) is 4.39 Å². The van der Waals surface area contributed by atoms with Gasteiger partial charge in [0.25, 0.3) is 0 Å². The number of carbonyl (C=O) groups is 1. The number of hydrogen-bond acceptors (Lipinski definition) is 3. The quantitative estimate of drug-likeness (QED) is 0.792. The summed E-state index contributed by atoms with van der Waals surface area (Å²) in [5.74, 6) is 0.637. The van der Waals surface area contributed by atoms with Gasteiger partial charge in [0.2, 0.25) is 5.91 Å². The Kier molecular flexibility index (Phi) is 6.62. The lowest BCUT2D eigenvalue weighted by atomic mass is 10.2. The molecule has 0 spiro atoms. The third-order valence-electron chi connectivity index (χ3n) is 2.95. The molecule has 19 heavy (non-hydrogen) atoms. The van der Waals surface area contributed by atoms with Gasteiger partial charge in [-0.2, -0.15) is 0 Å². The number of hydrogen-bond donors (Lipinski definition) is 2. The van der Waals surface area contributed by atoms with Crippen molar-refractivity contribution in [2.45, 2.75) is 23.8 Å². The monoisotopic (exact) mass is 304 g/mol. The lowest BCUT2D eigenvalue weighted by molar-refractivity contribution is -0.118. The SMILES string of the molecule is Cl.NC(CNC(=O)CSc1ccc(F)cc1)C1CC1. The molecule has 0 heterocycles. The van der Waals surface area contributed by atoms with Crippen LogP contribution in [-0.4, -0.2) is 24.2 Å². The maximum atomic E-state index is 12.7.